The van der Waals surface area contributed by atoms with Gasteiger partial charge in [-0.2, -0.15) is 16.8 Å². The van der Waals surface area contributed by atoms with Crippen LogP contribution in [0.1, 0.15) is 21.5 Å². The van der Waals surface area contributed by atoms with Crippen molar-refractivity contribution in [1.29, 1.82) is 0 Å². The molecule has 3 rings (SSSR count). The molecular weight excluding hydrogens is 578 g/mol. The Balaban J connectivity index is 2.00. The van der Waals surface area contributed by atoms with Gasteiger partial charge in [-0.25, -0.2) is 8.42 Å². The molecule has 17 heteroatoms. The van der Waals surface area contributed by atoms with E-state index in [0.717, 1.165) is 54.8 Å². The Kier molecular flexibility index (Phi) is 7.95. The molecule has 3 aromatic carbocycles. The third-order valence-electron chi connectivity index (χ3n) is 5.12. The fourth-order valence-electron chi connectivity index (χ4n) is 3.38. The molecular formula is C22H19N3O11S3. The summed E-state index contributed by atoms with van der Waals surface area (Å²) in [7, 11) is -13.6. The number of amides is 1. The third-order valence-corrected chi connectivity index (χ3v) is 8.09. The van der Waals surface area contributed by atoms with Gasteiger partial charge in [-0.15, -0.1) is 0 Å². The number of hydrogen-bond donors (Lipinski definition) is 4. The molecule has 0 spiro atoms. The van der Waals surface area contributed by atoms with E-state index in [2.05, 4.69) is 5.32 Å². The Labute approximate surface area is 222 Å². The van der Waals surface area contributed by atoms with Gasteiger partial charge in [0.15, 0.2) is 9.84 Å². The van der Waals surface area contributed by atoms with E-state index in [1.165, 1.54) is 18.2 Å². The van der Waals surface area contributed by atoms with Gasteiger partial charge in [0.25, 0.3) is 31.8 Å². The molecule has 39 heavy (non-hydrogen) atoms. The van der Waals surface area contributed by atoms with Crippen molar-refractivity contribution in [3.63, 3.8) is 0 Å². The van der Waals surface area contributed by atoms with Crippen LogP contribution in [0.5, 0.6) is 0 Å². The fourth-order valence-corrected chi connectivity index (χ4v) is 5.64. The molecule has 0 heterocycles. The number of nitrogens with zero attached hydrogens (tertiary/aromatic N) is 1. The molecule has 0 atom stereocenters. The van der Waals surface area contributed by atoms with E-state index >= 15 is 0 Å². The first-order valence-electron chi connectivity index (χ1n) is 10.3. The second-order valence-electron chi connectivity index (χ2n) is 8.00. The lowest BCUT2D eigenvalue weighted by atomic mass is 10.1. The van der Waals surface area contributed by atoms with Crippen molar-refractivity contribution in [3.8, 4) is 0 Å². The van der Waals surface area contributed by atoms with Crippen LogP contribution < -0.4 is 11.1 Å². The second kappa shape index (κ2) is 10.5. The number of nitrogens with two attached hydrogens (primary N) is 1. The van der Waals surface area contributed by atoms with Gasteiger partial charge in [0.05, 0.1) is 4.92 Å². The van der Waals surface area contributed by atoms with Gasteiger partial charge >= 0.3 is 0 Å². The number of nitrogens with one attached hydrogen (secondary N) is 1. The molecule has 0 aromatic heterocycles. The van der Waals surface area contributed by atoms with E-state index in [9.17, 15) is 49.3 Å². The highest BCUT2D eigenvalue weighted by Crippen LogP contribution is 2.28. The predicted molar refractivity (Wildman–Crippen MR) is 140 cm³/mol. The van der Waals surface area contributed by atoms with E-state index < -0.39 is 61.3 Å². The largest absolute Gasteiger partial charge is 0.399 e. The Hall–Kier alpha value is -4.16. The van der Waals surface area contributed by atoms with E-state index in [0.29, 0.717) is 0 Å². The van der Waals surface area contributed by atoms with Crippen molar-refractivity contribution in [2.75, 3.05) is 17.3 Å². The fraction of sp³-hybridized carbons (Fsp3) is 0.0455. The molecule has 0 radical (unpaired) electrons. The number of anilines is 2. The average molecular weight is 598 g/mol. The highest BCUT2D eigenvalue weighted by Gasteiger charge is 2.24. The van der Waals surface area contributed by atoms with Crippen LogP contribution in [0.3, 0.4) is 0 Å². The van der Waals surface area contributed by atoms with Gasteiger partial charge < -0.3 is 11.1 Å². The van der Waals surface area contributed by atoms with Crippen molar-refractivity contribution in [2.45, 2.75) is 14.7 Å². The first kappa shape index (κ1) is 29.4. The molecule has 0 saturated carbocycles. The van der Waals surface area contributed by atoms with Crippen molar-refractivity contribution in [1.82, 2.24) is 0 Å². The van der Waals surface area contributed by atoms with E-state index in [-0.39, 0.29) is 28.1 Å². The maximum atomic E-state index is 12.7. The smallest absolute Gasteiger partial charge is 0.295 e. The van der Waals surface area contributed by atoms with E-state index in [4.69, 9.17) is 5.73 Å². The standard InChI is InChI=1S/C22H19N3O11S3/c1-37(29,30)19-9-6-15(10-18(19)25(27)28)22(26)24-17-8-5-14(21(12-17)39(34,35)36)3-2-13-4-7-16(23)11-20(13)38(31,32)33/h2-12H,23H2,1H3,(H,24,26)(H,31,32,33)(H,34,35,36). The summed E-state index contributed by atoms with van der Waals surface area (Å²) in [5.41, 5.74) is 4.09. The first-order valence-corrected chi connectivity index (χ1v) is 15.1. The zero-order chi connectivity index (χ0) is 29.3. The molecule has 0 saturated heterocycles. The molecule has 0 fully saturated rings. The van der Waals surface area contributed by atoms with Crippen LogP contribution in [0.25, 0.3) is 12.2 Å². The average Bonchev–Trinajstić information content (AvgIpc) is 2.81. The number of hydrogen-bond acceptors (Lipinski definition) is 10. The van der Waals surface area contributed by atoms with Gasteiger partial charge in [-0.3, -0.25) is 24.0 Å². The Bertz CT molecular complexity index is 1870. The summed E-state index contributed by atoms with van der Waals surface area (Å²) in [6, 6.07) is 9.49. The maximum Gasteiger partial charge on any atom is 0.295 e. The zero-order valence-corrected chi connectivity index (χ0v) is 22.1. The molecule has 0 aliphatic heterocycles. The Morgan fingerprint density at radius 3 is 1.90 bits per heavy atom. The van der Waals surface area contributed by atoms with Crippen LogP contribution in [-0.4, -0.2) is 51.4 Å². The zero-order valence-electron chi connectivity index (χ0n) is 19.7. The summed E-state index contributed by atoms with van der Waals surface area (Å²) in [5.74, 6) is -0.956. The Morgan fingerprint density at radius 1 is 0.846 bits per heavy atom. The SMILES string of the molecule is CS(=O)(=O)c1ccc(C(=O)Nc2ccc(C=Cc3ccc(N)cc3S(=O)(=O)O)c(S(=O)(=O)O)c2)cc1[N+](=O)[O-]. The summed E-state index contributed by atoms with van der Waals surface area (Å²) in [4.78, 5) is 21.1. The minimum absolute atomic E-state index is 0.0368. The lowest BCUT2D eigenvalue weighted by Gasteiger charge is -2.10. The number of carbonyl (C=O) groups excluding carboxylic acids is 1. The van der Waals surface area contributed by atoms with Crippen LogP contribution in [0.2, 0.25) is 0 Å². The minimum atomic E-state index is -4.89. The highest BCUT2D eigenvalue weighted by atomic mass is 32.2. The number of sulfone groups is 1. The van der Waals surface area contributed by atoms with Gasteiger partial charge in [-0.1, -0.05) is 24.3 Å². The molecule has 3 aromatic rings. The normalized spacial score (nSPS) is 12.4. The summed E-state index contributed by atoms with van der Waals surface area (Å²) in [5, 5.41) is 13.6. The van der Waals surface area contributed by atoms with Crippen molar-refractivity contribution in [3.05, 3.63) is 81.4 Å². The molecule has 0 bridgehead atoms. The summed E-state index contributed by atoms with van der Waals surface area (Å²) >= 11 is 0. The molecule has 0 aliphatic carbocycles. The van der Waals surface area contributed by atoms with Crippen LogP contribution in [0, 0.1) is 10.1 Å². The monoisotopic (exact) mass is 597 g/mol. The summed E-state index contributed by atoms with van der Waals surface area (Å²) < 4.78 is 90.1. The second-order valence-corrected chi connectivity index (χ2v) is 12.8. The maximum absolute atomic E-state index is 12.7. The molecule has 1 amide bonds. The number of rotatable bonds is 8. The van der Waals surface area contributed by atoms with Crippen LogP contribution in [0.15, 0.2) is 69.3 Å². The molecule has 206 valence electrons. The highest BCUT2D eigenvalue weighted by molar-refractivity contribution is 7.90. The lowest BCUT2D eigenvalue weighted by molar-refractivity contribution is -0.387. The molecule has 14 nitrogen and oxygen atoms in total. The number of nitro groups is 1. The van der Waals surface area contributed by atoms with Gasteiger partial charge in [0.2, 0.25) is 0 Å². The van der Waals surface area contributed by atoms with Crippen LogP contribution in [-0.2, 0) is 30.1 Å². The van der Waals surface area contributed by atoms with Crippen molar-refractivity contribution < 1.29 is 44.1 Å². The topological polar surface area (TPSA) is 241 Å². The number of nitro benzene ring substituents is 1. The first-order chi connectivity index (χ1) is 17.9. The predicted octanol–water partition coefficient (Wildman–Crippen LogP) is 2.50. The van der Waals surface area contributed by atoms with E-state index in [1.807, 2.05) is 0 Å². The van der Waals surface area contributed by atoms with Gasteiger partial charge in [-0.05, 0) is 47.5 Å². The molecule has 5 N–H and O–H groups in total. The molecule has 0 aliphatic rings. The third kappa shape index (κ3) is 7.03. The van der Waals surface area contributed by atoms with E-state index in [1.54, 1.807) is 0 Å². The Morgan fingerprint density at radius 2 is 1.38 bits per heavy atom. The molecule has 0 unspecified atom stereocenters. The number of nitrogen functional groups attached to an aromatic ring is 1. The number of benzene rings is 3. The minimum Gasteiger partial charge on any atom is -0.399 e. The lowest BCUT2D eigenvalue weighted by Crippen LogP contribution is -2.14. The van der Waals surface area contributed by atoms with Crippen molar-refractivity contribution in [2.24, 2.45) is 0 Å². The van der Waals surface area contributed by atoms with Gasteiger partial charge in [0, 0.05) is 29.3 Å². The summed E-state index contributed by atoms with van der Waals surface area (Å²) in [6.45, 7) is 0. The van der Waals surface area contributed by atoms with Crippen LogP contribution >= 0.6 is 0 Å². The van der Waals surface area contributed by atoms with Crippen LogP contribution in [0.4, 0.5) is 17.1 Å². The van der Waals surface area contributed by atoms with Crippen molar-refractivity contribution >= 4 is 65.2 Å². The quantitative estimate of drug-likeness (QED) is 0.0962. The summed E-state index contributed by atoms with van der Waals surface area (Å²) in [6.07, 6.45) is 3.04. The number of carbonyl (C=O) groups is 1. The van der Waals surface area contributed by atoms with Gasteiger partial charge in [0.1, 0.15) is 14.7 Å².